The third-order valence-corrected chi connectivity index (χ3v) is 6.54. The Labute approximate surface area is 152 Å². The molecule has 1 saturated carbocycles. The van der Waals surface area contributed by atoms with Crippen LogP contribution in [0.2, 0.25) is 0 Å². The monoisotopic (exact) mass is 366 g/mol. The van der Waals surface area contributed by atoms with Crippen LogP contribution in [0, 0.1) is 0 Å². The predicted octanol–water partition coefficient (Wildman–Crippen LogP) is 0.457. The number of rotatable bonds is 0. The highest BCUT2D eigenvalue weighted by Gasteiger charge is 2.99. The van der Waals surface area contributed by atoms with Crippen LogP contribution >= 0.6 is 0 Å². The molecule has 3 heterocycles. The summed E-state index contributed by atoms with van der Waals surface area (Å²) in [5.41, 5.74) is -3.20. The van der Waals surface area contributed by atoms with Crippen LogP contribution in [0.25, 0.3) is 10.8 Å². The topological polar surface area (TPSA) is 101 Å². The molecule has 2 saturated heterocycles. The van der Waals surface area contributed by atoms with E-state index in [0.717, 1.165) is 10.8 Å². The fourth-order valence-corrected chi connectivity index (χ4v) is 5.30. The molecule has 0 unspecified atom stereocenters. The zero-order chi connectivity index (χ0) is 18.2. The van der Waals surface area contributed by atoms with Gasteiger partial charge in [0.15, 0.2) is 17.5 Å². The van der Waals surface area contributed by atoms with Gasteiger partial charge in [-0.1, -0.05) is 24.3 Å². The number of aliphatic hydroxyl groups excluding tert-OH is 2. The lowest BCUT2D eigenvalue weighted by atomic mass is 9.66. The first-order valence-corrected chi connectivity index (χ1v) is 8.89. The van der Waals surface area contributed by atoms with Gasteiger partial charge in [0, 0.05) is 0 Å². The van der Waals surface area contributed by atoms with Crippen molar-refractivity contribution in [2.45, 2.75) is 41.4 Å². The minimum Gasteiger partial charge on any atom is -0.446 e. The van der Waals surface area contributed by atoms with E-state index in [-0.39, 0.29) is 0 Å². The molecule has 5 aliphatic rings. The van der Waals surface area contributed by atoms with Crippen molar-refractivity contribution in [2.75, 3.05) is 0 Å². The van der Waals surface area contributed by atoms with Crippen molar-refractivity contribution in [1.29, 1.82) is 0 Å². The third-order valence-electron chi connectivity index (χ3n) is 6.54. The number of ketones is 1. The quantitative estimate of drug-likeness (QED) is 0.653. The molecule has 2 aromatic rings. The Bertz CT molecular complexity index is 1050. The van der Waals surface area contributed by atoms with E-state index in [2.05, 4.69) is 0 Å². The van der Waals surface area contributed by atoms with Crippen LogP contribution in [0.15, 0.2) is 48.6 Å². The van der Waals surface area contributed by atoms with Crippen molar-refractivity contribution in [3.05, 3.63) is 48.6 Å². The van der Waals surface area contributed by atoms with Crippen molar-refractivity contribution >= 4 is 16.6 Å². The van der Waals surface area contributed by atoms with E-state index in [1.165, 1.54) is 12.2 Å². The average molecular weight is 366 g/mol. The molecule has 7 nitrogen and oxygen atoms in total. The van der Waals surface area contributed by atoms with Crippen LogP contribution in [-0.4, -0.2) is 57.4 Å². The minimum absolute atomic E-state index is 0.410. The van der Waals surface area contributed by atoms with Crippen molar-refractivity contribution in [3.63, 3.8) is 0 Å². The SMILES string of the molecule is O=C1C=C[C@H](O)[C@@]23O[C@@]12C1(Oc2cccc4cccc(c24)O1)[C@@H]1O[C@@H]1[C@H]3O. The minimum atomic E-state index is -1.67. The lowest BCUT2D eigenvalue weighted by Gasteiger charge is -2.45. The molecule has 7 heteroatoms. The van der Waals surface area contributed by atoms with Gasteiger partial charge >= 0.3 is 5.79 Å². The van der Waals surface area contributed by atoms with Crippen LogP contribution in [-0.2, 0) is 14.3 Å². The molecular weight excluding hydrogens is 352 g/mol. The zero-order valence-electron chi connectivity index (χ0n) is 13.9. The van der Waals surface area contributed by atoms with Gasteiger partial charge in [-0.15, -0.1) is 0 Å². The summed E-state index contributed by atoms with van der Waals surface area (Å²) in [6.07, 6.45) is -1.05. The Morgan fingerprint density at radius 2 is 1.70 bits per heavy atom. The summed E-state index contributed by atoms with van der Waals surface area (Å²) in [5.74, 6) is -0.916. The number of aliphatic hydroxyl groups is 2. The summed E-state index contributed by atoms with van der Waals surface area (Å²) >= 11 is 0. The lowest BCUT2D eigenvalue weighted by molar-refractivity contribution is -0.191. The molecule has 7 rings (SSSR count). The largest absolute Gasteiger partial charge is 0.446 e. The first kappa shape index (κ1) is 14.6. The van der Waals surface area contributed by atoms with Crippen molar-refractivity contribution in [1.82, 2.24) is 0 Å². The molecule has 0 bridgehead atoms. The fourth-order valence-electron chi connectivity index (χ4n) is 5.30. The highest BCUT2D eigenvalue weighted by atomic mass is 16.8. The molecule has 2 N–H and O–H groups in total. The first-order chi connectivity index (χ1) is 13.1. The highest BCUT2D eigenvalue weighted by molar-refractivity contribution is 6.05. The molecule has 3 fully saturated rings. The first-order valence-electron chi connectivity index (χ1n) is 8.89. The van der Waals surface area contributed by atoms with Gasteiger partial charge < -0.3 is 29.2 Å². The Morgan fingerprint density at radius 1 is 1.00 bits per heavy atom. The van der Waals surface area contributed by atoms with E-state index < -0.39 is 47.2 Å². The summed E-state index contributed by atoms with van der Waals surface area (Å²) in [5, 5.41) is 23.1. The van der Waals surface area contributed by atoms with Gasteiger partial charge in [0.25, 0.3) is 0 Å². The van der Waals surface area contributed by atoms with Gasteiger partial charge in [-0.3, -0.25) is 4.79 Å². The third kappa shape index (κ3) is 1.28. The summed E-state index contributed by atoms with van der Waals surface area (Å²) in [6, 6.07) is 11.2. The number of carbonyl (C=O) groups excluding carboxylic acids is 1. The molecule has 2 aliphatic carbocycles. The van der Waals surface area contributed by atoms with Gasteiger partial charge in [-0.2, -0.15) is 0 Å². The Kier molecular flexibility index (Phi) is 2.17. The lowest BCUT2D eigenvalue weighted by Crippen LogP contribution is -2.73. The maximum absolute atomic E-state index is 13.0. The maximum Gasteiger partial charge on any atom is 0.320 e. The van der Waals surface area contributed by atoms with Crippen LogP contribution in [0.4, 0.5) is 0 Å². The fraction of sp³-hybridized carbons (Fsp3) is 0.350. The number of hydrogen-bond donors (Lipinski definition) is 2. The van der Waals surface area contributed by atoms with Crippen LogP contribution in [0.3, 0.4) is 0 Å². The standard InChI is InChI=1S/C20H14O7/c21-12-7-8-13(22)19-18(12,27-19)16(23)15-17(24-15)20(19)25-10-5-1-3-9-4-2-6-11(26-20)14(9)10/h1-8,12,15-17,21,23H/t12-,15+,16+,17+,18-,19-/m0/s1. The molecular formula is C20H14O7. The van der Waals surface area contributed by atoms with Crippen LogP contribution < -0.4 is 9.47 Å². The molecule has 1 spiro atoms. The molecule has 0 radical (unpaired) electrons. The van der Waals surface area contributed by atoms with Crippen LogP contribution in [0.1, 0.15) is 0 Å². The molecule has 136 valence electrons. The summed E-state index contributed by atoms with van der Waals surface area (Å²) in [7, 11) is 0. The van der Waals surface area contributed by atoms with Gasteiger partial charge in [0.1, 0.15) is 29.8 Å². The van der Waals surface area contributed by atoms with Gasteiger partial charge in [-0.05, 0) is 29.7 Å². The summed E-state index contributed by atoms with van der Waals surface area (Å²) in [6.45, 7) is 0. The smallest absolute Gasteiger partial charge is 0.320 e. The van der Waals surface area contributed by atoms with Crippen molar-refractivity contribution in [3.8, 4) is 11.5 Å². The number of fused-ring (bicyclic) bond motifs is 2. The molecule has 27 heavy (non-hydrogen) atoms. The Balaban J connectivity index is 1.50. The number of carbonyl (C=O) groups is 1. The Morgan fingerprint density at radius 3 is 2.41 bits per heavy atom. The number of epoxide rings is 2. The zero-order valence-corrected chi connectivity index (χ0v) is 13.9. The van der Waals surface area contributed by atoms with E-state index in [9.17, 15) is 15.0 Å². The molecule has 6 atom stereocenters. The van der Waals surface area contributed by atoms with Gasteiger partial charge in [-0.25, -0.2) is 0 Å². The molecule has 2 aromatic carbocycles. The summed E-state index contributed by atoms with van der Waals surface area (Å²) in [4.78, 5) is 13.0. The molecule has 0 aromatic heterocycles. The maximum atomic E-state index is 13.0. The second-order valence-electron chi connectivity index (χ2n) is 7.69. The molecule has 3 aliphatic heterocycles. The number of benzene rings is 2. The van der Waals surface area contributed by atoms with Gasteiger partial charge in [0.2, 0.25) is 5.60 Å². The van der Waals surface area contributed by atoms with E-state index >= 15 is 0 Å². The second-order valence-corrected chi connectivity index (χ2v) is 7.69. The van der Waals surface area contributed by atoms with E-state index in [1.807, 2.05) is 24.3 Å². The van der Waals surface area contributed by atoms with Crippen LogP contribution in [0.5, 0.6) is 11.5 Å². The second kappa shape index (κ2) is 4.02. The number of ether oxygens (including phenoxy) is 4. The average Bonchev–Trinajstić information content (AvgIpc) is 3.57. The Hall–Kier alpha value is -2.45. The highest BCUT2D eigenvalue weighted by Crippen LogP contribution is 2.71. The van der Waals surface area contributed by atoms with E-state index in [0.29, 0.717) is 11.5 Å². The van der Waals surface area contributed by atoms with E-state index in [1.54, 1.807) is 12.1 Å². The van der Waals surface area contributed by atoms with Crippen molar-refractivity contribution in [2.24, 2.45) is 0 Å². The normalized spacial score (nSPS) is 44.0. The van der Waals surface area contributed by atoms with Gasteiger partial charge in [0.05, 0.1) is 5.39 Å². The van der Waals surface area contributed by atoms with Crippen molar-refractivity contribution < 1.29 is 34.0 Å². The predicted molar refractivity (Wildman–Crippen MR) is 89.3 cm³/mol. The van der Waals surface area contributed by atoms with E-state index in [4.69, 9.17) is 18.9 Å². The molecule has 0 amide bonds. The number of hydrogen-bond acceptors (Lipinski definition) is 7. The summed E-state index contributed by atoms with van der Waals surface area (Å²) < 4.78 is 24.2.